The van der Waals surface area contributed by atoms with E-state index in [0.29, 0.717) is 12.5 Å². The van der Waals surface area contributed by atoms with Crippen molar-refractivity contribution >= 4 is 17.5 Å². The van der Waals surface area contributed by atoms with Crippen LogP contribution < -0.4 is 10.1 Å². The fourth-order valence-corrected chi connectivity index (χ4v) is 2.07. The predicted molar refractivity (Wildman–Crippen MR) is 84.2 cm³/mol. The molecule has 2 rings (SSSR count). The number of aromatic hydroxyl groups is 1. The number of rotatable bonds is 8. The first kappa shape index (κ1) is 17.5. The first-order valence-corrected chi connectivity index (χ1v) is 7.62. The largest absolute Gasteiger partial charge is 0.507 e. The molecular weight excluding hydrogens is 316 g/mol. The van der Waals surface area contributed by atoms with Crippen molar-refractivity contribution in [2.24, 2.45) is 5.92 Å². The highest BCUT2D eigenvalue weighted by Crippen LogP contribution is 2.27. The van der Waals surface area contributed by atoms with Gasteiger partial charge in [-0.1, -0.05) is 20.3 Å². The summed E-state index contributed by atoms with van der Waals surface area (Å²) in [6.45, 7) is 4.08. The number of carbonyl (C=O) groups is 2. The highest BCUT2D eigenvalue weighted by atomic mass is 16.5. The van der Waals surface area contributed by atoms with Crippen molar-refractivity contribution in [1.29, 1.82) is 0 Å². The van der Waals surface area contributed by atoms with Crippen LogP contribution in [0.4, 0.5) is 0 Å². The van der Waals surface area contributed by atoms with Crippen molar-refractivity contribution in [3.8, 4) is 11.6 Å². The Hall–Kier alpha value is -2.84. The molecule has 3 N–H and O–H groups in total. The molecule has 0 saturated carbocycles. The van der Waals surface area contributed by atoms with Gasteiger partial charge in [-0.15, -0.1) is 0 Å². The first-order valence-electron chi connectivity index (χ1n) is 7.62. The van der Waals surface area contributed by atoms with E-state index >= 15 is 0 Å². The smallest absolute Gasteiger partial charge is 0.322 e. The summed E-state index contributed by atoms with van der Waals surface area (Å²) < 4.78 is 6.94. The van der Waals surface area contributed by atoms with Gasteiger partial charge in [0.05, 0.1) is 6.61 Å². The van der Waals surface area contributed by atoms with Gasteiger partial charge in [0.15, 0.2) is 5.65 Å². The van der Waals surface area contributed by atoms with Gasteiger partial charge < -0.3 is 20.3 Å². The number of pyridine rings is 1. The number of carbonyl (C=O) groups excluding carboxylic acids is 1. The number of ether oxygens (including phenoxy) is 1. The number of aliphatic carboxylic acids is 1. The van der Waals surface area contributed by atoms with Crippen LogP contribution >= 0.6 is 0 Å². The van der Waals surface area contributed by atoms with Crippen LogP contribution in [-0.2, 0) is 4.79 Å². The second kappa shape index (κ2) is 7.62. The summed E-state index contributed by atoms with van der Waals surface area (Å²) in [4.78, 5) is 26.6. The zero-order chi connectivity index (χ0) is 17.7. The SMILES string of the molecule is CCC(C)CCOc1cc(O)c(C(=O)NCC(=O)O)c2ncnn12. The minimum absolute atomic E-state index is 0.0939. The van der Waals surface area contributed by atoms with Crippen molar-refractivity contribution < 1.29 is 24.5 Å². The fourth-order valence-electron chi connectivity index (χ4n) is 2.07. The summed E-state index contributed by atoms with van der Waals surface area (Å²) >= 11 is 0. The van der Waals surface area contributed by atoms with Crippen molar-refractivity contribution in [2.45, 2.75) is 26.7 Å². The molecule has 24 heavy (non-hydrogen) atoms. The van der Waals surface area contributed by atoms with E-state index in [1.165, 1.54) is 16.9 Å². The van der Waals surface area contributed by atoms with E-state index in [0.717, 1.165) is 12.8 Å². The third-order valence-corrected chi connectivity index (χ3v) is 3.68. The van der Waals surface area contributed by atoms with Crippen molar-refractivity contribution in [1.82, 2.24) is 19.9 Å². The molecule has 1 unspecified atom stereocenters. The predicted octanol–water partition coefficient (Wildman–Crippen LogP) is 1.06. The van der Waals surface area contributed by atoms with E-state index in [1.807, 2.05) is 0 Å². The number of carboxylic acid groups (broad SMARTS) is 1. The molecule has 2 aromatic heterocycles. The van der Waals surface area contributed by atoms with E-state index in [2.05, 4.69) is 29.2 Å². The highest BCUT2D eigenvalue weighted by Gasteiger charge is 2.21. The van der Waals surface area contributed by atoms with Gasteiger partial charge in [0.1, 0.15) is 24.2 Å². The van der Waals surface area contributed by atoms with Gasteiger partial charge in [-0.25, -0.2) is 4.98 Å². The van der Waals surface area contributed by atoms with E-state index in [4.69, 9.17) is 9.84 Å². The third-order valence-electron chi connectivity index (χ3n) is 3.68. The zero-order valence-corrected chi connectivity index (χ0v) is 13.5. The highest BCUT2D eigenvalue weighted by molar-refractivity contribution is 6.03. The molecule has 1 atom stereocenters. The molecule has 130 valence electrons. The van der Waals surface area contributed by atoms with E-state index in [-0.39, 0.29) is 22.8 Å². The molecule has 2 aromatic rings. The quantitative estimate of drug-likeness (QED) is 0.658. The van der Waals surface area contributed by atoms with Crippen molar-refractivity contribution in [3.63, 3.8) is 0 Å². The fraction of sp³-hybridized carbons (Fsp3) is 0.467. The van der Waals surface area contributed by atoms with Crippen LogP contribution in [0.15, 0.2) is 12.4 Å². The molecule has 9 nitrogen and oxygen atoms in total. The second-order valence-corrected chi connectivity index (χ2v) is 5.47. The van der Waals surface area contributed by atoms with Crippen LogP contribution in [0.2, 0.25) is 0 Å². The lowest BCUT2D eigenvalue weighted by molar-refractivity contribution is -0.135. The summed E-state index contributed by atoms with van der Waals surface area (Å²) in [6.07, 6.45) is 3.11. The van der Waals surface area contributed by atoms with Crippen LogP contribution in [0.25, 0.3) is 5.65 Å². The number of nitrogens with zero attached hydrogens (tertiary/aromatic N) is 3. The van der Waals surface area contributed by atoms with Crippen LogP contribution in [0.1, 0.15) is 37.0 Å². The lowest BCUT2D eigenvalue weighted by Gasteiger charge is -2.13. The topological polar surface area (TPSA) is 126 Å². The van der Waals surface area contributed by atoms with Gasteiger partial charge in [0.2, 0.25) is 5.88 Å². The Labute approximate surface area is 138 Å². The van der Waals surface area contributed by atoms with Crippen molar-refractivity contribution in [2.75, 3.05) is 13.2 Å². The number of amides is 1. The molecule has 0 fully saturated rings. The van der Waals surface area contributed by atoms with Gasteiger partial charge >= 0.3 is 5.97 Å². The number of fused-ring (bicyclic) bond motifs is 1. The molecular formula is C15H20N4O5. The summed E-state index contributed by atoms with van der Waals surface area (Å²) in [5, 5.41) is 24.9. The maximum atomic E-state index is 12.1. The molecule has 0 aliphatic rings. The van der Waals surface area contributed by atoms with Crippen LogP contribution in [0.3, 0.4) is 0 Å². The molecule has 0 bridgehead atoms. The van der Waals surface area contributed by atoms with Gasteiger partial charge in [0, 0.05) is 6.07 Å². The maximum absolute atomic E-state index is 12.1. The summed E-state index contributed by atoms with van der Waals surface area (Å²) in [6, 6.07) is 1.27. The van der Waals surface area contributed by atoms with Crippen molar-refractivity contribution in [3.05, 3.63) is 18.0 Å². The zero-order valence-electron chi connectivity index (χ0n) is 13.5. The monoisotopic (exact) mass is 336 g/mol. The average molecular weight is 336 g/mol. The Morgan fingerprint density at radius 2 is 2.21 bits per heavy atom. The normalized spacial score (nSPS) is 12.1. The Kier molecular flexibility index (Phi) is 5.56. The van der Waals surface area contributed by atoms with Crippen LogP contribution in [0, 0.1) is 5.92 Å². The number of aromatic nitrogens is 3. The molecule has 0 spiro atoms. The van der Waals surface area contributed by atoms with E-state index < -0.39 is 18.4 Å². The Bertz CT molecular complexity index is 743. The van der Waals surface area contributed by atoms with E-state index in [9.17, 15) is 14.7 Å². The molecule has 0 aromatic carbocycles. The summed E-state index contributed by atoms with van der Waals surface area (Å²) in [7, 11) is 0. The first-order chi connectivity index (χ1) is 11.4. The Balaban J connectivity index is 2.25. The average Bonchev–Trinajstić information content (AvgIpc) is 3.01. The minimum atomic E-state index is -1.19. The number of carboxylic acids is 1. The molecule has 0 aliphatic carbocycles. The summed E-state index contributed by atoms with van der Waals surface area (Å²) in [5.74, 6) is -1.52. The maximum Gasteiger partial charge on any atom is 0.322 e. The van der Waals surface area contributed by atoms with Crippen LogP contribution in [-0.4, -0.2) is 49.8 Å². The van der Waals surface area contributed by atoms with Gasteiger partial charge in [0.25, 0.3) is 5.91 Å². The lowest BCUT2D eigenvalue weighted by atomic mass is 10.1. The lowest BCUT2D eigenvalue weighted by Crippen LogP contribution is -2.29. The standard InChI is InChI=1S/C15H20N4O5/c1-3-9(2)4-5-24-11-6-10(20)13(14-17-8-18-19(11)14)15(23)16-7-12(21)22/h6,8-9,20H,3-5,7H2,1-2H3,(H,16,23)(H,21,22). The minimum Gasteiger partial charge on any atom is -0.507 e. The Morgan fingerprint density at radius 3 is 2.88 bits per heavy atom. The molecule has 2 heterocycles. The second-order valence-electron chi connectivity index (χ2n) is 5.47. The van der Waals surface area contributed by atoms with Gasteiger partial charge in [-0.2, -0.15) is 9.61 Å². The number of hydrogen-bond acceptors (Lipinski definition) is 6. The molecule has 1 amide bonds. The molecule has 9 heteroatoms. The Morgan fingerprint density at radius 1 is 1.46 bits per heavy atom. The molecule has 0 saturated heterocycles. The third kappa shape index (κ3) is 3.92. The van der Waals surface area contributed by atoms with Gasteiger partial charge in [-0.05, 0) is 12.3 Å². The number of hydrogen-bond donors (Lipinski definition) is 3. The molecule has 0 radical (unpaired) electrons. The molecule has 0 aliphatic heterocycles. The van der Waals surface area contributed by atoms with Gasteiger partial charge in [-0.3, -0.25) is 9.59 Å². The van der Waals surface area contributed by atoms with E-state index in [1.54, 1.807) is 0 Å². The summed E-state index contributed by atoms with van der Waals surface area (Å²) in [5.41, 5.74) is -0.0561. The number of nitrogens with one attached hydrogen (secondary N) is 1. The van der Waals surface area contributed by atoms with Crippen LogP contribution in [0.5, 0.6) is 11.6 Å².